The van der Waals surface area contributed by atoms with Crippen LogP contribution in [0.1, 0.15) is 16.1 Å². The van der Waals surface area contributed by atoms with Gasteiger partial charge in [-0.1, -0.05) is 0 Å². The minimum absolute atomic E-state index is 0.215. The highest BCUT2D eigenvalue weighted by Crippen LogP contribution is 2.19. The number of nitrogens with one attached hydrogen (secondary N) is 1. The highest BCUT2D eigenvalue weighted by molar-refractivity contribution is 7.89. The van der Waals surface area contributed by atoms with Gasteiger partial charge in [0.2, 0.25) is 5.03 Å². The van der Waals surface area contributed by atoms with Crippen LogP contribution in [0.3, 0.4) is 0 Å². The molecule has 1 aromatic heterocycles. The molecule has 0 bridgehead atoms. The molecular weight excluding hydrogens is 272 g/mol. The van der Waals surface area contributed by atoms with Gasteiger partial charge in [-0.15, -0.1) is 0 Å². The van der Waals surface area contributed by atoms with Crippen LogP contribution in [0.5, 0.6) is 0 Å². The van der Waals surface area contributed by atoms with Gasteiger partial charge in [0.05, 0.1) is 0 Å². The smallest absolute Gasteiger partial charge is 0.340 e. The molecule has 0 amide bonds. The van der Waals surface area contributed by atoms with Gasteiger partial charge in [0, 0.05) is 25.8 Å². The summed E-state index contributed by atoms with van der Waals surface area (Å²) in [5.41, 5.74) is -0.0937. The zero-order chi connectivity index (χ0) is 14.8. The Morgan fingerprint density at radius 2 is 1.89 bits per heavy atom. The molecule has 2 N–H and O–H groups in total. The minimum Gasteiger partial charge on any atom is -0.478 e. The number of sulfonamides is 1. The topological polar surface area (TPSA) is 107 Å². The van der Waals surface area contributed by atoms with Gasteiger partial charge in [-0.2, -0.15) is 9.40 Å². The number of aromatic nitrogens is 2. The molecule has 1 rings (SSSR count). The van der Waals surface area contributed by atoms with Gasteiger partial charge in [-0.05, 0) is 21.0 Å². The highest BCUT2D eigenvalue weighted by atomic mass is 32.2. The van der Waals surface area contributed by atoms with Crippen molar-refractivity contribution in [2.75, 3.05) is 34.2 Å². The number of H-pyrrole nitrogens is 1. The van der Waals surface area contributed by atoms with Gasteiger partial charge in [0.1, 0.15) is 5.56 Å². The molecule has 0 aliphatic carbocycles. The average Bonchev–Trinajstić information content (AvgIpc) is 2.68. The number of rotatable bonds is 6. The molecule has 9 heteroatoms. The van der Waals surface area contributed by atoms with E-state index in [0.717, 1.165) is 4.31 Å². The number of aromatic carboxylic acids is 1. The fourth-order valence-electron chi connectivity index (χ4n) is 1.45. The average molecular weight is 290 g/mol. The largest absolute Gasteiger partial charge is 0.478 e. The molecule has 0 saturated heterocycles. The van der Waals surface area contributed by atoms with Gasteiger partial charge in [0.25, 0.3) is 10.0 Å². The van der Waals surface area contributed by atoms with Crippen LogP contribution in [0.2, 0.25) is 0 Å². The quantitative estimate of drug-likeness (QED) is 0.738. The second-order valence-electron chi connectivity index (χ2n) is 4.46. The Hall–Kier alpha value is -1.45. The molecule has 1 aromatic rings. The molecule has 0 atom stereocenters. The highest BCUT2D eigenvalue weighted by Gasteiger charge is 2.31. The van der Waals surface area contributed by atoms with Crippen LogP contribution in [-0.2, 0) is 10.0 Å². The number of nitrogens with zero attached hydrogens (tertiary/aromatic N) is 3. The fraction of sp³-hybridized carbons (Fsp3) is 0.600. The fourth-order valence-corrected chi connectivity index (χ4v) is 2.73. The van der Waals surface area contributed by atoms with Crippen molar-refractivity contribution in [3.63, 3.8) is 0 Å². The van der Waals surface area contributed by atoms with Crippen LogP contribution in [-0.4, -0.2) is 73.1 Å². The summed E-state index contributed by atoms with van der Waals surface area (Å²) in [7, 11) is 1.13. The first-order valence-electron chi connectivity index (χ1n) is 5.57. The zero-order valence-electron chi connectivity index (χ0n) is 11.3. The van der Waals surface area contributed by atoms with E-state index in [1.165, 1.54) is 14.0 Å². The Kier molecular flexibility index (Phi) is 4.66. The first-order valence-corrected chi connectivity index (χ1v) is 7.01. The van der Waals surface area contributed by atoms with Crippen molar-refractivity contribution < 1.29 is 18.3 Å². The van der Waals surface area contributed by atoms with Crippen molar-refractivity contribution in [3.8, 4) is 0 Å². The van der Waals surface area contributed by atoms with Gasteiger partial charge in [-0.25, -0.2) is 13.2 Å². The van der Waals surface area contributed by atoms with Crippen molar-refractivity contribution in [2.24, 2.45) is 0 Å². The molecule has 8 nitrogen and oxygen atoms in total. The maximum atomic E-state index is 12.2. The van der Waals surface area contributed by atoms with Crippen LogP contribution in [0.25, 0.3) is 0 Å². The number of carboxylic acid groups (broad SMARTS) is 1. The predicted octanol–water partition coefficient (Wildman–Crippen LogP) is -0.402. The van der Waals surface area contributed by atoms with Gasteiger partial charge >= 0.3 is 5.97 Å². The standard InChI is InChI=1S/C10H18N4O4S/c1-7-8(10(15)16)9(12-11-7)19(17,18)14(4)6-5-13(2)3/h5-6H2,1-4H3,(H,11,12)(H,15,16). The van der Waals surface area contributed by atoms with Crippen molar-refractivity contribution in [3.05, 3.63) is 11.3 Å². The Balaban J connectivity index is 3.10. The van der Waals surface area contributed by atoms with E-state index in [0.29, 0.717) is 6.54 Å². The first-order chi connectivity index (χ1) is 8.67. The zero-order valence-corrected chi connectivity index (χ0v) is 12.2. The number of aromatic amines is 1. The number of carboxylic acids is 1. The summed E-state index contributed by atoms with van der Waals surface area (Å²) < 4.78 is 25.6. The molecule has 0 unspecified atom stereocenters. The molecule has 19 heavy (non-hydrogen) atoms. The summed E-state index contributed by atoms with van der Waals surface area (Å²) in [4.78, 5) is 12.9. The van der Waals surface area contributed by atoms with Crippen LogP contribution in [0.4, 0.5) is 0 Å². The Labute approximate surface area is 112 Å². The van der Waals surface area contributed by atoms with Gasteiger partial charge < -0.3 is 10.0 Å². The molecule has 0 fully saturated rings. The lowest BCUT2D eigenvalue weighted by Crippen LogP contribution is -2.34. The molecule has 0 spiro atoms. The number of carbonyl (C=O) groups is 1. The van der Waals surface area contributed by atoms with E-state index in [-0.39, 0.29) is 17.8 Å². The van der Waals surface area contributed by atoms with E-state index in [9.17, 15) is 13.2 Å². The van der Waals surface area contributed by atoms with Crippen molar-refractivity contribution in [2.45, 2.75) is 11.9 Å². The number of hydrogen-bond donors (Lipinski definition) is 2. The van der Waals surface area contributed by atoms with Gasteiger partial charge in [-0.3, -0.25) is 5.10 Å². The maximum Gasteiger partial charge on any atom is 0.340 e. The Bertz CT molecular complexity index is 564. The van der Waals surface area contributed by atoms with E-state index in [1.54, 1.807) is 0 Å². The maximum absolute atomic E-state index is 12.2. The van der Waals surface area contributed by atoms with Crippen LogP contribution in [0, 0.1) is 6.92 Å². The summed E-state index contributed by atoms with van der Waals surface area (Å²) in [5.74, 6) is -1.31. The third-order valence-corrected chi connectivity index (χ3v) is 4.43. The van der Waals surface area contributed by atoms with Crippen molar-refractivity contribution >= 4 is 16.0 Å². The summed E-state index contributed by atoms with van der Waals surface area (Å²) >= 11 is 0. The minimum atomic E-state index is -3.91. The molecule has 0 aliphatic heterocycles. The number of hydrogen-bond acceptors (Lipinski definition) is 5. The van der Waals surface area contributed by atoms with Crippen LogP contribution in [0.15, 0.2) is 5.03 Å². The summed E-state index contributed by atoms with van der Waals surface area (Å²) in [6.45, 7) is 2.25. The summed E-state index contributed by atoms with van der Waals surface area (Å²) in [6.07, 6.45) is 0. The number of aryl methyl sites for hydroxylation is 1. The van der Waals surface area contributed by atoms with E-state index in [4.69, 9.17) is 5.11 Å². The first kappa shape index (κ1) is 15.6. The second-order valence-corrected chi connectivity index (χ2v) is 6.42. The van der Waals surface area contributed by atoms with Crippen molar-refractivity contribution in [1.29, 1.82) is 0 Å². The summed E-state index contributed by atoms with van der Waals surface area (Å²) in [5, 5.41) is 14.6. The van der Waals surface area contributed by atoms with Gasteiger partial charge in [0.15, 0.2) is 0 Å². The lowest BCUT2D eigenvalue weighted by Gasteiger charge is -2.18. The molecule has 0 saturated carbocycles. The SMILES string of the molecule is Cc1[nH]nc(S(=O)(=O)N(C)CCN(C)C)c1C(=O)O. The normalized spacial score (nSPS) is 12.3. The van der Waals surface area contributed by atoms with Crippen LogP contribution >= 0.6 is 0 Å². The third kappa shape index (κ3) is 3.31. The monoisotopic (exact) mass is 290 g/mol. The molecular formula is C10H18N4O4S. The third-order valence-electron chi connectivity index (χ3n) is 2.64. The van der Waals surface area contributed by atoms with Crippen molar-refractivity contribution in [1.82, 2.24) is 19.4 Å². The van der Waals surface area contributed by atoms with E-state index in [1.807, 2.05) is 19.0 Å². The molecule has 0 aliphatic rings. The van der Waals surface area contributed by atoms with E-state index < -0.39 is 21.0 Å². The molecule has 108 valence electrons. The Morgan fingerprint density at radius 3 is 2.37 bits per heavy atom. The predicted molar refractivity (Wildman–Crippen MR) is 68.7 cm³/mol. The molecule has 0 aromatic carbocycles. The lowest BCUT2D eigenvalue weighted by atomic mass is 10.3. The lowest BCUT2D eigenvalue weighted by molar-refractivity contribution is 0.0691. The second kappa shape index (κ2) is 5.68. The van der Waals surface area contributed by atoms with Crippen LogP contribution < -0.4 is 0 Å². The molecule has 1 heterocycles. The number of likely N-dealkylation sites (N-methyl/N-ethyl adjacent to an activating group) is 2. The molecule has 0 radical (unpaired) electrons. The van der Waals surface area contributed by atoms with E-state index >= 15 is 0 Å². The van der Waals surface area contributed by atoms with E-state index in [2.05, 4.69) is 10.2 Å². The Morgan fingerprint density at radius 1 is 1.32 bits per heavy atom. The summed E-state index contributed by atoms with van der Waals surface area (Å²) in [6, 6.07) is 0.